The molecule has 3 aromatic carbocycles. The molecule has 1 atom stereocenters. The average molecular weight is 482 g/mol. The van der Waals surface area contributed by atoms with Crippen molar-refractivity contribution in [2.75, 3.05) is 5.32 Å². The van der Waals surface area contributed by atoms with Crippen LogP contribution >= 0.6 is 11.6 Å². The Balaban J connectivity index is 1.64. The van der Waals surface area contributed by atoms with Gasteiger partial charge in [-0.25, -0.2) is 4.79 Å². The minimum Gasteiger partial charge on any atom is -0.318 e. The van der Waals surface area contributed by atoms with E-state index in [0.717, 1.165) is 23.0 Å². The highest BCUT2D eigenvalue weighted by Crippen LogP contribution is 2.40. The van der Waals surface area contributed by atoms with E-state index in [1.807, 2.05) is 59.3 Å². The number of nitrogens with one attached hydrogen (secondary N) is 1. The van der Waals surface area contributed by atoms with Crippen molar-refractivity contribution in [2.24, 2.45) is 0 Å². The zero-order valence-electron chi connectivity index (χ0n) is 17.8. The Morgan fingerprint density at radius 3 is 2.41 bits per heavy atom. The Morgan fingerprint density at radius 2 is 1.62 bits per heavy atom. The summed E-state index contributed by atoms with van der Waals surface area (Å²) in [4.78, 5) is 15.2. The molecule has 1 aliphatic rings. The second kappa shape index (κ2) is 8.57. The lowest BCUT2D eigenvalue weighted by Crippen LogP contribution is -2.38. The van der Waals surface area contributed by atoms with Crippen molar-refractivity contribution >= 4 is 23.3 Å². The van der Waals surface area contributed by atoms with E-state index in [-0.39, 0.29) is 12.2 Å². The molecule has 0 aliphatic carbocycles. The Hall–Kier alpha value is -3.71. The monoisotopic (exact) mass is 481 g/mol. The Kier molecular flexibility index (Phi) is 5.57. The maximum Gasteiger partial charge on any atom is 0.418 e. The third kappa shape index (κ3) is 3.92. The summed E-state index contributed by atoms with van der Waals surface area (Å²) in [7, 11) is 0. The van der Waals surface area contributed by atoms with E-state index in [1.165, 1.54) is 23.1 Å². The summed E-state index contributed by atoms with van der Waals surface area (Å²) in [5.74, 6) is 0. The number of amides is 2. The van der Waals surface area contributed by atoms with Crippen molar-refractivity contribution in [3.63, 3.8) is 0 Å². The molecule has 1 N–H and O–H groups in total. The van der Waals surface area contributed by atoms with Gasteiger partial charge >= 0.3 is 12.2 Å². The van der Waals surface area contributed by atoms with Crippen molar-refractivity contribution in [1.29, 1.82) is 0 Å². The van der Waals surface area contributed by atoms with Gasteiger partial charge in [0.1, 0.15) is 6.04 Å². The van der Waals surface area contributed by atoms with E-state index in [4.69, 9.17) is 11.6 Å². The van der Waals surface area contributed by atoms with Gasteiger partial charge in [0, 0.05) is 11.2 Å². The lowest BCUT2D eigenvalue weighted by Gasteiger charge is -2.31. The topological polar surface area (TPSA) is 37.3 Å². The highest BCUT2D eigenvalue weighted by atomic mass is 35.5. The molecule has 8 heteroatoms. The van der Waals surface area contributed by atoms with Crippen LogP contribution in [0, 0.1) is 0 Å². The molecule has 4 aromatic rings. The summed E-state index contributed by atoms with van der Waals surface area (Å²) in [6.07, 6.45) is -2.70. The summed E-state index contributed by atoms with van der Waals surface area (Å²) < 4.78 is 42.7. The quantitative estimate of drug-likeness (QED) is 0.321. The molecule has 2 heterocycles. The molecule has 172 valence electrons. The van der Waals surface area contributed by atoms with E-state index in [9.17, 15) is 18.0 Å². The van der Waals surface area contributed by atoms with E-state index in [2.05, 4.69) is 5.32 Å². The highest BCUT2D eigenvalue weighted by Gasteiger charge is 2.37. The van der Waals surface area contributed by atoms with Crippen molar-refractivity contribution < 1.29 is 18.0 Å². The number of fused-ring (bicyclic) bond motifs is 3. The van der Waals surface area contributed by atoms with E-state index in [1.54, 1.807) is 12.1 Å². The molecule has 2 amide bonds. The standard InChI is InChI=1S/C26H19ClF3N3O/c27-20-11-4-2-9-18(20)24-23-14-7-15-32(23)22-13-6-1-8-17(22)16-33(24)25(34)31-21-12-5-3-10-19(21)26(28,29)30/h1-15,24H,16H2,(H,31,34). The minimum absolute atomic E-state index is 0.174. The molecule has 0 spiro atoms. The Labute approximate surface area is 199 Å². The van der Waals surface area contributed by atoms with Gasteiger partial charge in [-0.15, -0.1) is 0 Å². The van der Waals surface area contributed by atoms with Gasteiger partial charge in [-0.05, 0) is 47.5 Å². The van der Waals surface area contributed by atoms with Crippen LogP contribution < -0.4 is 5.32 Å². The smallest absolute Gasteiger partial charge is 0.318 e. The van der Waals surface area contributed by atoms with Gasteiger partial charge in [0.15, 0.2) is 0 Å². The minimum atomic E-state index is -4.61. The van der Waals surface area contributed by atoms with E-state index < -0.39 is 23.8 Å². The van der Waals surface area contributed by atoms with Crippen LogP contribution in [-0.2, 0) is 12.7 Å². The normalized spacial score (nSPS) is 15.3. The van der Waals surface area contributed by atoms with Crippen LogP contribution in [0.5, 0.6) is 0 Å². The van der Waals surface area contributed by atoms with Crippen LogP contribution in [0.1, 0.15) is 28.4 Å². The summed E-state index contributed by atoms with van der Waals surface area (Å²) >= 11 is 6.55. The van der Waals surface area contributed by atoms with Crippen molar-refractivity contribution in [1.82, 2.24) is 9.47 Å². The highest BCUT2D eigenvalue weighted by molar-refractivity contribution is 6.31. The fourth-order valence-corrected chi connectivity index (χ4v) is 4.63. The zero-order valence-corrected chi connectivity index (χ0v) is 18.5. The first-order valence-corrected chi connectivity index (χ1v) is 11.0. The van der Waals surface area contributed by atoms with E-state index >= 15 is 0 Å². The molecule has 1 aromatic heterocycles. The molecule has 34 heavy (non-hydrogen) atoms. The first kappa shape index (κ1) is 22.1. The second-order valence-corrected chi connectivity index (χ2v) is 8.36. The third-order valence-corrected chi connectivity index (χ3v) is 6.24. The number of hydrogen-bond acceptors (Lipinski definition) is 1. The maximum absolute atomic E-state index is 13.6. The molecule has 1 unspecified atom stereocenters. The van der Waals surface area contributed by atoms with Crippen LogP contribution in [0.4, 0.5) is 23.7 Å². The van der Waals surface area contributed by atoms with Gasteiger partial charge in [0.05, 0.1) is 29.2 Å². The third-order valence-electron chi connectivity index (χ3n) is 5.90. The molecule has 0 radical (unpaired) electrons. The fourth-order valence-electron chi connectivity index (χ4n) is 4.39. The molecule has 0 bridgehead atoms. The summed E-state index contributed by atoms with van der Waals surface area (Å²) in [5.41, 5.74) is 2.00. The van der Waals surface area contributed by atoms with Crippen LogP contribution in [-0.4, -0.2) is 15.5 Å². The van der Waals surface area contributed by atoms with Crippen molar-refractivity contribution in [3.05, 3.63) is 119 Å². The molecule has 0 saturated carbocycles. The molecular weight excluding hydrogens is 463 g/mol. The van der Waals surface area contributed by atoms with E-state index in [0.29, 0.717) is 10.6 Å². The molecular formula is C26H19ClF3N3O. The zero-order chi connectivity index (χ0) is 23.9. The van der Waals surface area contributed by atoms with Gasteiger partial charge in [-0.2, -0.15) is 13.2 Å². The number of nitrogens with zero attached hydrogens (tertiary/aromatic N) is 2. The predicted octanol–water partition coefficient (Wildman–Crippen LogP) is 7.29. The number of carbonyl (C=O) groups excluding carboxylic acids is 1. The lowest BCUT2D eigenvalue weighted by atomic mass is 10.0. The van der Waals surface area contributed by atoms with Gasteiger partial charge in [-0.1, -0.05) is 60.1 Å². The molecule has 0 fully saturated rings. The molecule has 0 saturated heterocycles. The van der Waals surface area contributed by atoms with Crippen LogP contribution in [0.15, 0.2) is 91.1 Å². The Morgan fingerprint density at radius 1 is 0.912 bits per heavy atom. The largest absolute Gasteiger partial charge is 0.418 e. The molecule has 1 aliphatic heterocycles. The number of para-hydroxylation sites is 2. The van der Waals surface area contributed by atoms with Gasteiger partial charge in [0.25, 0.3) is 0 Å². The number of urea groups is 1. The number of hydrogen-bond donors (Lipinski definition) is 1. The summed E-state index contributed by atoms with van der Waals surface area (Å²) in [6.45, 7) is 0.174. The number of halogens is 4. The second-order valence-electron chi connectivity index (χ2n) is 7.96. The number of anilines is 1. The van der Waals surface area contributed by atoms with Gasteiger partial charge < -0.3 is 14.8 Å². The lowest BCUT2D eigenvalue weighted by molar-refractivity contribution is -0.136. The van der Waals surface area contributed by atoms with Crippen LogP contribution in [0.25, 0.3) is 5.69 Å². The van der Waals surface area contributed by atoms with Crippen LogP contribution in [0.3, 0.4) is 0 Å². The first-order valence-electron chi connectivity index (χ1n) is 10.6. The summed E-state index contributed by atoms with van der Waals surface area (Å²) in [6, 6.07) is 22.2. The molecule has 4 nitrogen and oxygen atoms in total. The predicted molar refractivity (Wildman–Crippen MR) is 125 cm³/mol. The number of aromatic nitrogens is 1. The summed E-state index contributed by atoms with van der Waals surface area (Å²) in [5, 5.41) is 2.96. The number of rotatable bonds is 2. The number of carbonyl (C=O) groups is 1. The van der Waals surface area contributed by atoms with Gasteiger partial charge in [-0.3, -0.25) is 0 Å². The van der Waals surface area contributed by atoms with Gasteiger partial charge in [0.2, 0.25) is 0 Å². The fraction of sp³-hybridized carbons (Fsp3) is 0.115. The van der Waals surface area contributed by atoms with Crippen molar-refractivity contribution in [2.45, 2.75) is 18.8 Å². The number of benzene rings is 3. The first-order chi connectivity index (χ1) is 16.3. The number of alkyl halides is 3. The molecule has 5 rings (SSSR count). The van der Waals surface area contributed by atoms with Crippen LogP contribution in [0.2, 0.25) is 5.02 Å². The Bertz CT molecular complexity index is 1370. The maximum atomic E-state index is 13.6. The SMILES string of the molecule is O=C(Nc1ccccc1C(F)(F)F)N1Cc2ccccc2-n2cccc2C1c1ccccc1Cl. The average Bonchev–Trinajstić information content (AvgIpc) is 3.24. The van der Waals surface area contributed by atoms with Crippen molar-refractivity contribution in [3.8, 4) is 5.69 Å².